The molecular weight excluding hydrogens is 392 g/mol. The molecule has 0 saturated carbocycles. The van der Waals surface area contributed by atoms with E-state index in [0.717, 1.165) is 5.56 Å². The zero-order valence-corrected chi connectivity index (χ0v) is 17.1. The molecule has 1 aliphatic rings. The van der Waals surface area contributed by atoms with Crippen molar-refractivity contribution in [3.63, 3.8) is 0 Å². The minimum absolute atomic E-state index is 0.0771. The zero-order chi connectivity index (χ0) is 22.0. The van der Waals surface area contributed by atoms with Crippen LogP contribution < -0.4 is 9.47 Å². The smallest absolute Gasteiger partial charge is 0.185 e. The number of aromatic hydroxyl groups is 1. The van der Waals surface area contributed by atoms with Gasteiger partial charge in [-0.25, -0.2) is 0 Å². The van der Waals surface area contributed by atoms with E-state index in [0.29, 0.717) is 28.2 Å². The average Bonchev–Trinajstić information content (AvgIpc) is 2.78. The molecule has 0 saturated heterocycles. The molecule has 156 valence electrons. The first kappa shape index (κ1) is 20.4. The van der Waals surface area contributed by atoms with Crippen LogP contribution in [0.2, 0.25) is 0 Å². The van der Waals surface area contributed by atoms with Crippen LogP contribution in [0.5, 0.6) is 17.2 Å². The third kappa shape index (κ3) is 4.21. The Balaban J connectivity index is 1.69. The maximum atomic E-state index is 13.3. The Hall–Kier alpha value is -3.86. The highest BCUT2D eigenvalue weighted by atomic mass is 16.5. The molecule has 1 heterocycles. The van der Waals surface area contributed by atoms with Gasteiger partial charge in [0.1, 0.15) is 30.0 Å². The molecule has 5 heteroatoms. The predicted molar refractivity (Wildman–Crippen MR) is 117 cm³/mol. The predicted octanol–water partition coefficient (Wildman–Crippen LogP) is 5.08. The van der Waals surface area contributed by atoms with Gasteiger partial charge < -0.3 is 14.6 Å². The third-order valence-corrected chi connectivity index (χ3v) is 5.31. The van der Waals surface area contributed by atoms with Gasteiger partial charge in [0.25, 0.3) is 0 Å². The SMILES string of the molecule is C=CC(=O)c1ccc(OC2c3ccc(O)cc3OCC2C(=O)c2cccc(C)c2)cc1. The fourth-order valence-electron chi connectivity index (χ4n) is 3.70. The summed E-state index contributed by atoms with van der Waals surface area (Å²) in [5.41, 5.74) is 2.78. The fraction of sp³-hybridized carbons (Fsp3) is 0.154. The number of ketones is 2. The quantitative estimate of drug-likeness (QED) is 0.450. The summed E-state index contributed by atoms with van der Waals surface area (Å²) in [6.07, 6.45) is 0.645. The van der Waals surface area contributed by atoms with E-state index in [1.807, 2.05) is 25.1 Å². The second kappa shape index (κ2) is 8.48. The molecule has 0 spiro atoms. The van der Waals surface area contributed by atoms with Crippen molar-refractivity contribution in [1.29, 1.82) is 0 Å². The molecule has 3 aromatic rings. The van der Waals surface area contributed by atoms with Gasteiger partial charge in [0.2, 0.25) is 0 Å². The normalized spacial score (nSPS) is 17.2. The summed E-state index contributed by atoms with van der Waals surface area (Å²) in [7, 11) is 0. The van der Waals surface area contributed by atoms with E-state index >= 15 is 0 Å². The van der Waals surface area contributed by atoms with Crippen LogP contribution in [0.3, 0.4) is 0 Å². The number of hydrogen-bond donors (Lipinski definition) is 1. The first-order chi connectivity index (χ1) is 15.0. The summed E-state index contributed by atoms with van der Waals surface area (Å²) in [5.74, 6) is 0.253. The van der Waals surface area contributed by atoms with Crippen molar-refractivity contribution < 1.29 is 24.2 Å². The first-order valence-corrected chi connectivity index (χ1v) is 9.96. The second-order valence-electron chi connectivity index (χ2n) is 7.50. The van der Waals surface area contributed by atoms with Gasteiger partial charge in [-0.2, -0.15) is 0 Å². The maximum Gasteiger partial charge on any atom is 0.185 e. The van der Waals surface area contributed by atoms with E-state index in [9.17, 15) is 14.7 Å². The van der Waals surface area contributed by atoms with Crippen LogP contribution in [0, 0.1) is 12.8 Å². The molecule has 0 amide bonds. The Morgan fingerprint density at radius 2 is 1.84 bits per heavy atom. The van der Waals surface area contributed by atoms with E-state index < -0.39 is 12.0 Å². The summed E-state index contributed by atoms with van der Waals surface area (Å²) in [4.78, 5) is 25.1. The number of benzene rings is 3. The maximum absolute atomic E-state index is 13.3. The summed E-state index contributed by atoms with van der Waals surface area (Å²) >= 11 is 0. The van der Waals surface area contributed by atoms with Crippen molar-refractivity contribution in [1.82, 2.24) is 0 Å². The van der Waals surface area contributed by atoms with Gasteiger partial charge in [-0.1, -0.05) is 30.3 Å². The molecule has 2 unspecified atom stereocenters. The van der Waals surface area contributed by atoms with Gasteiger partial charge in [-0.3, -0.25) is 9.59 Å². The number of phenolic OH excluding ortho intramolecular Hbond substituents is 1. The molecule has 5 nitrogen and oxygen atoms in total. The Morgan fingerprint density at radius 3 is 2.55 bits per heavy atom. The Labute approximate surface area is 180 Å². The van der Waals surface area contributed by atoms with E-state index in [4.69, 9.17) is 9.47 Å². The summed E-state index contributed by atoms with van der Waals surface area (Å²) in [6.45, 7) is 5.56. The van der Waals surface area contributed by atoms with Crippen molar-refractivity contribution in [2.75, 3.05) is 6.61 Å². The molecule has 0 fully saturated rings. The number of fused-ring (bicyclic) bond motifs is 1. The average molecular weight is 414 g/mol. The van der Waals surface area contributed by atoms with Crippen LogP contribution in [-0.4, -0.2) is 23.3 Å². The Bertz CT molecular complexity index is 1150. The van der Waals surface area contributed by atoms with Gasteiger partial charge in [-0.05, 0) is 55.5 Å². The number of phenols is 1. The topological polar surface area (TPSA) is 72.8 Å². The number of allylic oxidation sites excluding steroid dienone is 1. The van der Waals surface area contributed by atoms with Crippen molar-refractivity contribution in [3.8, 4) is 17.2 Å². The first-order valence-electron chi connectivity index (χ1n) is 9.96. The summed E-state index contributed by atoms with van der Waals surface area (Å²) in [6, 6.07) is 18.9. The largest absolute Gasteiger partial charge is 0.508 e. The third-order valence-electron chi connectivity index (χ3n) is 5.31. The number of hydrogen-bond acceptors (Lipinski definition) is 5. The molecular formula is C26H22O5. The van der Waals surface area contributed by atoms with Crippen molar-refractivity contribution >= 4 is 11.6 Å². The summed E-state index contributed by atoms with van der Waals surface area (Å²) < 4.78 is 12.1. The standard InChI is InChI=1S/C26H22O5/c1-3-23(28)17-7-10-20(11-8-17)31-26-21-12-9-19(27)14-24(21)30-15-22(26)25(29)18-6-4-5-16(2)13-18/h3-14,22,26-27H,1,15H2,2H3. The second-order valence-corrected chi connectivity index (χ2v) is 7.50. The molecule has 0 radical (unpaired) electrons. The minimum Gasteiger partial charge on any atom is -0.508 e. The van der Waals surface area contributed by atoms with E-state index in [2.05, 4.69) is 6.58 Å². The monoisotopic (exact) mass is 414 g/mol. The van der Waals surface area contributed by atoms with E-state index in [1.165, 1.54) is 12.1 Å². The lowest BCUT2D eigenvalue weighted by Gasteiger charge is -2.33. The fourth-order valence-corrected chi connectivity index (χ4v) is 3.70. The molecule has 0 aromatic heterocycles. The number of Topliss-reactive ketones (excluding diaryl/α,β-unsaturated/α-hetero) is 1. The van der Waals surface area contributed by atoms with Crippen LogP contribution in [0.4, 0.5) is 0 Å². The van der Waals surface area contributed by atoms with Gasteiger partial charge in [-0.15, -0.1) is 0 Å². The number of rotatable bonds is 6. The van der Waals surface area contributed by atoms with Gasteiger partial charge >= 0.3 is 0 Å². The van der Waals surface area contributed by atoms with Gasteiger partial charge in [0.15, 0.2) is 11.6 Å². The molecule has 31 heavy (non-hydrogen) atoms. The lowest BCUT2D eigenvalue weighted by molar-refractivity contribution is 0.0516. The molecule has 0 bridgehead atoms. The Kier molecular flexibility index (Phi) is 5.58. The number of ether oxygens (including phenoxy) is 2. The number of aryl methyl sites for hydroxylation is 1. The molecule has 2 atom stereocenters. The van der Waals surface area contributed by atoms with Crippen molar-refractivity contribution in [3.05, 3.63) is 102 Å². The van der Waals surface area contributed by atoms with E-state index in [1.54, 1.807) is 42.5 Å². The molecule has 0 aliphatic carbocycles. The lowest BCUT2D eigenvalue weighted by Crippen LogP contribution is -2.35. The van der Waals surface area contributed by atoms with Crippen LogP contribution in [0.1, 0.15) is 37.9 Å². The van der Waals surface area contributed by atoms with Crippen LogP contribution >= 0.6 is 0 Å². The highest BCUT2D eigenvalue weighted by molar-refractivity contribution is 6.04. The molecule has 1 N–H and O–H groups in total. The van der Waals surface area contributed by atoms with Crippen molar-refractivity contribution in [2.45, 2.75) is 13.0 Å². The van der Waals surface area contributed by atoms with Crippen molar-refractivity contribution in [2.24, 2.45) is 5.92 Å². The number of carbonyl (C=O) groups is 2. The Morgan fingerprint density at radius 1 is 1.06 bits per heavy atom. The van der Waals surface area contributed by atoms with Gasteiger partial charge in [0, 0.05) is 22.8 Å². The van der Waals surface area contributed by atoms with E-state index in [-0.39, 0.29) is 23.9 Å². The van der Waals surface area contributed by atoms with Crippen LogP contribution in [-0.2, 0) is 0 Å². The van der Waals surface area contributed by atoms with Crippen LogP contribution in [0.25, 0.3) is 0 Å². The summed E-state index contributed by atoms with van der Waals surface area (Å²) in [5, 5.41) is 9.83. The zero-order valence-electron chi connectivity index (χ0n) is 17.1. The minimum atomic E-state index is -0.613. The lowest BCUT2D eigenvalue weighted by atomic mass is 9.86. The molecule has 3 aromatic carbocycles. The molecule has 4 rings (SSSR count). The highest BCUT2D eigenvalue weighted by Crippen LogP contribution is 2.41. The molecule has 1 aliphatic heterocycles. The highest BCUT2D eigenvalue weighted by Gasteiger charge is 2.38. The number of carbonyl (C=O) groups excluding carboxylic acids is 2. The van der Waals surface area contributed by atoms with Crippen LogP contribution in [0.15, 0.2) is 79.4 Å². The van der Waals surface area contributed by atoms with Gasteiger partial charge in [0.05, 0.1) is 5.92 Å².